The van der Waals surface area contributed by atoms with Crippen molar-refractivity contribution < 1.29 is 22.0 Å². The molecule has 146 valence electrons. The quantitative estimate of drug-likeness (QED) is 0.761. The summed E-state index contributed by atoms with van der Waals surface area (Å²) in [6.45, 7) is 0. The Morgan fingerprint density at radius 2 is 1.82 bits per heavy atom. The minimum Gasteiger partial charge on any atom is -0.313 e. The van der Waals surface area contributed by atoms with Gasteiger partial charge in [-0.25, -0.2) is 17.2 Å². The van der Waals surface area contributed by atoms with Crippen LogP contribution in [-0.2, 0) is 21.1 Å². The molecule has 4 rings (SSSR count). The van der Waals surface area contributed by atoms with E-state index >= 15 is 0 Å². The summed E-state index contributed by atoms with van der Waals surface area (Å²) in [7, 11) is -3.22. The van der Waals surface area contributed by atoms with E-state index in [1.54, 1.807) is 18.2 Å². The molecular weight excluding hydrogens is 406 g/mol. The molecule has 0 unspecified atom stereocenters. The molecule has 0 N–H and O–H groups in total. The summed E-state index contributed by atoms with van der Waals surface area (Å²) in [6, 6.07) is 11.1. The molecule has 2 aromatic carbocycles. The maximum absolute atomic E-state index is 14.4. The minimum absolute atomic E-state index is 0.0247. The highest BCUT2D eigenvalue weighted by atomic mass is 32.2. The summed E-state index contributed by atoms with van der Waals surface area (Å²) >= 11 is 1.19. The van der Waals surface area contributed by atoms with Gasteiger partial charge in [0.1, 0.15) is 11.6 Å². The van der Waals surface area contributed by atoms with Gasteiger partial charge in [-0.3, -0.25) is 4.79 Å². The van der Waals surface area contributed by atoms with Crippen LogP contribution in [0.15, 0.2) is 53.5 Å². The summed E-state index contributed by atoms with van der Waals surface area (Å²) in [5.74, 6) is -1.50. The zero-order chi connectivity index (χ0) is 19.9. The van der Waals surface area contributed by atoms with E-state index in [9.17, 15) is 22.0 Å². The monoisotopic (exact) mass is 422 g/mol. The van der Waals surface area contributed by atoms with E-state index in [1.807, 2.05) is 0 Å². The highest BCUT2D eigenvalue weighted by Crippen LogP contribution is 2.41. The van der Waals surface area contributed by atoms with Gasteiger partial charge in [-0.05, 0) is 29.8 Å². The van der Waals surface area contributed by atoms with E-state index in [-0.39, 0.29) is 28.9 Å². The molecule has 5 nitrogen and oxygen atoms in total. The van der Waals surface area contributed by atoms with Gasteiger partial charge in [0.2, 0.25) is 0 Å². The number of amides is 1. The Morgan fingerprint density at radius 1 is 1.11 bits per heavy atom. The van der Waals surface area contributed by atoms with E-state index < -0.39 is 33.4 Å². The lowest BCUT2D eigenvalue weighted by molar-refractivity contribution is -0.117. The number of hydrogen-bond donors (Lipinski definition) is 0. The third-order valence-electron chi connectivity index (χ3n) is 4.67. The number of para-hydroxylation sites is 1. The van der Waals surface area contributed by atoms with Crippen molar-refractivity contribution in [2.45, 2.75) is 17.7 Å². The van der Waals surface area contributed by atoms with Crippen molar-refractivity contribution in [2.75, 3.05) is 16.4 Å². The van der Waals surface area contributed by atoms with Crippen LogP contribution >= 0.6 is 11.8 Å². The van der Waals surface area contributed by atoms with Gasteiger partial charge in [-0.15, -0.1) is 0 Å². The second kappa shape index (κ2) is 7.29. The van der Waals surface area contributed by atoms with Gasteiger partial charge in [-0.1, -0.05) is 36.0 Å². The summed E-state index contributed by atoms with van der Waals surface area (Å²) in [5.41, 5.74) is 0.812. The first-order valence-electron chi connectivity index (χ1n) is 8.59. The van der Waals surface area contributed by atoms with Crippen molar-refractivity contribution in [3.05, 3.63) is 65.7 Å². The first kappa shape index (κ1) is 19.1. The summed E-state index contributed by atoms with van der Waals surface area (Å²) in [4.78, 5) is 18.1. The van der Waals surface area contributed by atoms with E-state index in [0.717, 1.165) is 0 Å². The van der Waals surface area contributed by atoms with E-state index in [1.165, 1.54) is 47.0 Å². The Bertz CT molecular complexity index is 1060. The number of halogens is 2. The van der Waals surface area contributed by atoms with Crippen LogP contribution in [-0.4, -0.2) is 42.3 Å². The summed E-state index contributed by atoms with van der Waals surface area (Å²) in [5, 5.41) is -0.0101. The van der Waals surface area contributed by atoms with Crippen molar-refractivity contribution in [3.8, 4) is 0 Å². The fourth-order valence-corrected chi connectivity index (χ4v) is 7.34. The molecule has 1 amide bonds. The topological polar surface area (TPSA) is 66.8 Å². The lowest BCUT2D eigenvalue weighted by Gasteiger charge is -2.24. The zero-order valence-electron chi connectivity index (χ0n) is 14.6. The number of carbonyl (C=O) groups is 1. The van der Waals surface area contributed by atoms with Gasteiger partial charge in [-0.2, -0.15) is 4.99 Å². The molecule has 28 heavy (non-hydrogen) atoms. The first-order chi connectivity index (χ1) is 13.3. The number of fused-ring (bicyclic) bond motifs is 1. The number of benzene rings is 2. The van der Waals surface area contributed by atoms with E-state index in [0.29, 0.717) is 10.7 Å². The van der Waals surface area contributed by atoms with Crippen molar-refractivity contribution >= 4 is 38.4 Å². The molecule has 0 spiro atoms. The summed E-state index contributed by atoms with van der Waals surface area (Å²) < 4.78 is 51.5. The lowest BCUT2D eigenvalue weighted by Crippen LogP contribution is -2.38. The number of rotatable bonds is 3. The lowest BCUT2D eigenvalue weighted by atomic mass is 10.1. The normalized spacial score (nSPS) is 24.5. The van der Waals surface area contributed by atoms with Crippen LogP contribution in [0.4, 0.5) is 14.5 Å². The van der Waals surface area contributed by atoms with Crippen molar-refractivity contribution in [1.29, 1.82) is 0 Å². The van der Waals surface area contributed by atoms with Crippen molar-refractivity contribution in [2.24, 2.45) is 4.99 Å². The molecule has 0 bridgehead atoms. The molecule has 0 aromatic heterocycles. The number of carbonyl (C=O) groups excluding carboxylic acids is 1. The van der Waals surface area contributed by atoms with Gasteiger partial charge in [0.15, 0.2) is 15.0 Å². The number of aliphatic imine (C=N–C) groups is 1. The Labute approximate surface area is 165 Å². The average Bonchev–Trinajstić information content (AvgIpc) is 3.08. The predicted molar refractivity (Wildman–Crippen MR) is 105 cm³/mol. The minimum atomic E-state index is -3.22. The second-order valence-electron chi connectivity index (χ2n) is 6.71. The van der Waals surface area contributed by atoms with E-state index in [2.05, 4.69) is 4.99 Å². The predicted octanol–water partition coefficient (Wildman–Crippen LogP) is 2.81. The number of nitrogens with zero attached hydrogens (tertiary/aromatic N) is 2. The van der Waals surface area contributed by atoms with Crippen molar-refractivity contribution in [3.63, 3.8) is 0 Å². The molecule has 2 fully saturated rings. The number of amidine groups is 1. The van der Waals surface area contributed by atoms with Crippen LogP contribution in [0.2, 0.25) is 0 Å². The van der Waals surface area contributed by atoms with Gasteiger partial charge < -0.3 is 4.90 Å². The number of hydrogen-bond acceptors (Lipinski definition) is 4. The molecule has 2 atom stereocenters. The number of anilines is 1. The maximum Gasteiger partial charge on any atom is 0.252 e. The number of sulfone groups is 1. The molecule has 9 heteroatoms. The van der Waals surface area contributed by atoms with Gasteiger partial charge >= 0.3 is 0 Å². The molecule has 0 aliphatic carbocycles. The molecule has 2 heterocycles. The van der Waals surface area contributed by atoms with Crippen LogP contribution in [0.3, 0.4) is 0 Å². The Morgan fingerprint density at radius 3 is 2.54 bits per heavy atom. The van der Waals surface area contributed by atoms with Crippen LogP contribution in [0.5, 0.6) is 0 Å². The molecule has 2 saturated heterocycles. The molecule has 0 saturated carbocycles. The smallest absolute Gasteiger partial charge is 0.252 e. The number of thioether (sulfide) groups is 1. The second-order valence-corrected chi connectivity index (χ2v) is 10.1. The third kappa shape index (κ3) is 3.81. The molecular formula is C19H16F2N2O3S2. The zero-order valence-corrected chi connectivity index (χ0v) is 16.2. The molecule has 0 radical (unpaired) electrons. The highest BCUT2D eigenvalue weighted by molar-refractivity contribution is 8.16. The fraction of sp³-hybridized carbons (Fsp3) is 0.263. The maximum atomic E-state index is 14.4. The Hall–Kier alpha value is -2.26. The van der Waals surface area contributed by atoms with E-state index in [4.69, 9.17) is 0 Å². The van der Waals surface area contributed by atoms with Crippen LogP contribution in [0, 0.1) is 11.6 Å². The average molecular weight is 422 g/mol. The first-order valence-corrected chi connectivity index (χ1v) is 11.3. The highest BCUT2D eigenvalue weighted by Gasteiger charge is 2.49. The van der Waals surface area contributed by atoms with Crippen LogP contribution < -0.4 is 4.90 Å². The van der Waals surface area contributed by atoms with Crippen LogP contribution in [0.25, 0.3) is 0 Å². The Balaban J connectivity index is 1.65. The molecule has 2 aliphatic heterocycles. The Kier molecular flexibility index (Phi) is 4.96. The molecule has 2 aromatic rings. The van der Waals surface area contributed by atoms with Gasteiger partial charge in [0.05, 0.1) is 29.7 Å². The SMILES string of the molecule is O=C(Cc1ccc(F)cc1)N=C1S[C@H]2CS(=O)(=O)C[C@@H]2N1c1ccccc1F. The largest absolute Gasteiger partial charge is 0.313 e. The van der Waals surface area contributed by atoms with Gasteiger partial charge in [0, 0.05) is 5.25 Å². The van der Waals surface area contributed by atoms with Crippen LogP contribution in [0.1, 0.15) is 5.56 Å². The van der Waals surface area contributed by atoms with Crippen molar-refractivity contribution in [1.82, 2.24) is 0 Å². The summed E-state index contributed by atoms with van der Waals surface area (Å²) in [6.07, 6.45) is -0.0247. The third-order valence-corrected chi connectivity index (χ3v) is 7.88. The fourth-order valence-electron chi connectivity index (χ4n) is 3.42. The van der Waals surface area contributed by atoms with Gasteiger partial charge in [0.25, 0.3) is 5.91 Å². The molecule has 2 aliphatic rings. The standard InChI is InChI=1S/C19H16F2N2O3S2/c20-13-7-5-12(6-8-13)9-18(24)22-19-23(15-4-2-1-3-14(15)21)16-10-28(25,26)11-17(16)27-19/h1-8,16-17H,9-11H2/t16-,17-/m0/s1.